The number of rotatable bonds is 34. The fourth-order valence-corrected chi connectivity index (χ4v) is 5.74. The molecule has 0 aliphatic heterocycles. The zero-order valence-corrected chi connectivity index (χ0v) is 29.1. The van der Waals surface area contributed by atoms with Crippen LogP contribution >= 0.6 is 0 Å². The van der Waals surface area contributed by atoms with Crippen LogP contribution in [0.1, 0.15) is 219 Å². The summed E-state index contributed by atoms with van der Waals surface area (Å²) in [7, 11) is 0. The first-order chi connectivity index (χ1) is 21.2. The van der Waals surface area contributed by atoms with Gasteiger partial charge < -0.3 is 14.2 Å². The van der Waals surface area contributed by atoms with E-state index < -0.39 is 12.3 Å². The molecule has 0 atom stereocenters. The molecule has 0 fully saturated rings. The van der Waals surface area contributed by atoms with Crippen molar-refractivity contribution in [2.45, 2.75) is 219 Å². The SMILES string of the molecule is CCCCCCCCCCCCCCCCCCOC(=O)OC(=O)OCCCCCCCCCCCCCCCCCC. The Morgan fingerprint density at radius 3 is 0.698 bits per heavy atom. The van der Waals surface area contributed by atoms with Gasteiger partial charge in [0.1, 0.15) is 0 Å². The Bertz CT molecular complexity index is 517. The number of hydrogen-bond donors (Lipinski definition) is 0. The quantitative estimate of drug-likeness (QED) is 0.0412. The summed E-state index contributed by atoms with van der Waals surface area (Å²) in [6.45, 7) is 5.14. The molecule has 0 amide bonds. The van der Waals surface area contributed by atoms with Crippen LogP contribution < -0.4 is 0 Å². The first-order valence-electron chi connectivity index (χ1n) is 19.2. The van der Waals surface area contributed by atoms with Crippen LogP contribution in [0.5, 0.6) is 0 Å². The lowest BCUT2D eigenvalue weighted by Crippen LogP contribution is -2.16. The minimum atomic E-state index is -0.946. The normalized spacial score (nSPS) is 11.1. The van der Waals surface area contributed by atoms with Gasteiger partial charge in [-0.3, -0.25) is 0 Å². The van der Waals surface area contributed by atoms with Crippen LogP contribution in [0.25, 0.3) is 0 Å². The molecule has 5 heteroatoms. The van der Waals surface area contributed by atoms with Gasteiger partial charge in [0.05, 0.1) is 13.2 Å². The molecule has 0 radical (unpaired) electrons. The van der Waals surface area contributed by atoms with Crippen molar-refractivity contribution < 1.29 is 23.8 Å². The molecule has 0 aliphatic rings. The fraction of sp³-hybridized carbons (Fsp3) is 0.947. The van der Waals surface area contributed by atoms with Gasteiger partial charge in [-0.05, 0) is 12.8 Å². The second-order valence-corrected chi connectivity index (χ2v) is 12.9. The van der Waals surface area contributed by atoms with Gasteiger partial charge in [-0.15, -0.1) is 0 Å². The van der Waals surface area contributed by atoms with E-state index in [1.165, 1.54) is 167 Å². The van der Waals surface area contributed by atoms with Crippen LogP contribution in [-0.4, -0.2) is 25.5 Å². The summed E-state index contributed by atoms with van der Waals surface area (Å²) >= 11 is 0. The molecule has 0 unspecified atom stereocenters. The molecule has 0 saturated heterocycles. The molecule has 0 N–H and O–H groups in total. The molecule has 0 aromatic heterocycles. The number of unbranched alkanes of at least 4 members (excludes halogenated alkanes) is 30. The summed E-state index contributed by atoms with van der Waals surface area (Å²) in [5.74, 6) is 0. The second-order valence-electron chi connectivity index (χ2n) is 12.9. The molecule has 0 aromatic carbocycles. The average Bonchev–Trinajstić information content (AvgIpc) is 3.00. The largest absolute Gasteiger partial charge is 0.518 e. The van der Waals surface area contributed by atoms with Gasteiger partial charge >= 0.3 is 12.3 Å². The summed E-state index contributed by atoms with van der Waals surface area (Å²) < 4.78 is 14.6. The highest BCUT2D eigenvalue weighted by Gasteiger charge is 2.12. The summed E-state index contributed by atoms with van der Waals surface area (Å²) in [5.41, 5.74) is 0. The Labute approximate surface area is 268 Å². The minimum Gasteiger partial charge on any atom is -0.434 e. The topological polar surface area (TPSA) is 61.8 Å². The van der Waals surface area contributed by atoms with Crippen molar-refractivity contribution in [2.75, 3.05) is 13.2 Å². The predicted octanol–water partition coefficient (Wildman–Crippen LogP) is 13.8. The van der Waals surface area contributed by atoms with Gasteiger partial charge in [0.15, 0.2) is 0 Å². The van der Waals surface area contributed by atoms with Crippen molar-refractivity contribution in [3.8, 4) is 0 Å². The van der Waals surface area contributed by atoms with Gasteiger partial charge in [0, 0.05) is 0 Å². The average molecular weight is 611 g/mol. The van der Waals surface area contributed by atoms with Crippen LogP contribution in [0.3, 0.4) is 0 Å². The van der Waals surface area contributed by atoms with Gasteiger partial charge in [0.2, 0.25) is 0 Å². The van der Waals surface area contributed by atoms with Crippen molar-refractivity contribution in [1.82, 2.24) is 0 Å². The van der Waals surface area contributed by atoms with Crippen molar-refractivity contribution in [3.05, 3.63) is 0 Å². The Morgan fingerprint density at radius 1 is 0.302 bits per heavy atom. The molecule has 256 valence electrons. The highest BCUT2D eigenvalue weighted by molar-refractivity contribution is 5.76. The summed E-state index contributed by atoms with van der Waals surface area (Å²) in [4.78, 5) is 23.3. The maximum atomic E-state index is 11.7. The van der Waals surface area contributed by atoms with E-state index in [0.29, 0.717) is 13.2 Å². The van der Waals surface area contributed by atoms with Crippen molar-refractivity contribution >= 4 is 12.3 Å². The fourth-order valence-electron chi connectivity index (χ4n) is 5.74. The molecule has 43 heavy (non-hydrogen) atoms. The lowest BCUT2D eigenvalue weighted by atomic mass is 10.0. The molecule has 0 rings (SSSR count). The van der Waals surface area contributed by atoms with E-state index in [1.54, 1.807) is 0 Å². The predicted molar refractivity (Wildman–Crippen MR) is 183 cm³/mol. The third-order valence-corrected chi connectivity index (χ3v) is 8.60. The van der Waals surface area contributed by atoms with Crippen LogP contribution in [0.15, 0.2) is 0 Å². The zero-order valence-electron chi connectivity index (χ0n) is 29.1. The summed E-state index contributed by atoms with van der Waals surface area (Å²) in [6, 6.07) is 0. The monoisotopic (exact) mass is 611 g/mol. The highest BCUT2D eigenvalue weighted by atomic mass is 16.8. The molecule has 0 heterocycles. The van der Waals surface area contributed by atoms with Gasteiger partial charge in [-0.25, -0.2) is 9.59 Å². The third-order valence-electron chi connectivity index (χ3n) is 8.60. The van der Waals surface area contributed by atoms with E-state index in [2.05, 4.69) is 18.6 Å². The highest BCUT2D eigenvalue weighted by Crippen LogP contribution is 2.15. The smallest absolute Gasteiger partial charge is 0.434 e. The van der Waals surface area contributed by atoms with Crippen LogP contribution in [-0.2, 0) is 14.2 Å². The number of ether oxygens (including phenoxy) is 3. The van der Waals surface area contributed by atoms with E-state index in [9.17, 15) is 9.59 Å². The molecule has 0 saturated carbocycles. The van der Waals surface area contributed by atoms with Gasteiger partial charge in [-0.2, -0.15) is 0 Å². The lowest BCUT2D eigenvalue weighted by Gasteiger charge is -2.06. The van der Waals surface area contributed by atoms with E-state index >= 15 is 0 Å². The molecule has 0 aromatic rings. The molecular weight excluding hydrogens is 536 g/mol. The number of hydrogen-bond acceptors (Lipinski definition) is 5. The molecule has 0 spiro atoms. The van der Waals surface area contributed by atoms with Crippen LogP contribution in [0.2, 0.25) is 0 Å². The molecule has 0 aliphatic carbocycles. The molecular formula is C38H74O5. The van der Waals surface area contributed by atoms with Gasteiger partial charge in [-0.1, -0.05) is 206 Å². The van der Waals surface area contributed by atoms with E-state index in [1.807, 2.05) is 0 Å². The Balaban J connectivity index is 3.26. The van der Waals surface area contributed by atoms with Crippen LogP contribution in [0.4, 0.5) is 9.59 Å². The minimum absolute atomic E-state index is 0.295. The number of carbonyl (C=O) groups is 2. The molecule has 0 bridgehead atoms. The third kappa shape index (κ3) is 36.8. The van der Waals surface area contributed by atoms with E-state index in [4.69, 9.17) is 9.47 Å². The van der Waals surface area contributed by atoms with E-state index in [-0.39, 0.29) is 0 Å². The summed E-state index contributed by atoms with van der Waals surface area (Å²) in [6.07, 6.45) is 39.8. The Morgan fingerprint density at radius 2 is 0.488 bits per heavy atom. The lowest BCUT2D eigenvalue weighted by molar-refractivity contribution is 0.0353. The van der Waals surface area contributed by atoms with Gasteiger partial charge in [0.25, 0.3) is 0 Å². The first kappa shape index (κ1) is 41.7. The van der Waals surface area contributed by atoms with Crippen molar-refractivity contribution in [1.29, 1.82) is 0 Å². The summed E-state index contributed by atoms with van der Waals surface area (Å²) in [5, 5.41) is 0. The van der Waals surface area contributed by atoms with E-state index in [0.717, 1.165) is 38.5 Å². The van der Waals surface area contributed by atoms with Crippen molar-refractivity contribution in [2.24, 2.45) is 0 Å². The maximum Gasteiger partial charge on any atom is 0.518 e. The zero-order chi connectivity index (χ0) is 31.3. The molecule has 5 nitrogen and oxygen atoms in total. The van der Waals surface area contributed by atoms with Crippen LogP contribution in [0, 0.1) is 0 Å². The standard InChI is InChI=1S/C38H74O5/c1-3-5-7-9-11-13-15-17-19-21-23-25-27-29-31-33-35-41-37(39)43-38(40)42-36-34-32-30-28-26-24-22-20-18-16-14-12-10-8-6-4-2/h3-36H2,1-2H3. The Kier molecular flexibility index (Phi) is 35.8. The maximum absolute atomic E-state index is 11.7. The first-order valence-corrected chi connectivity index (χ1v) is 19.2. The number of carbonyl (C=O) groups excluding carboxylic acids is 2. The van der Waals surface area contributed by atoms with Crippen molar-refractivity contribution in [3.63, 3.8) is 0 Å². The Hall–Kier alpha value is -1.26. The second kappa shape index (κ2) is 36.9.